The number of aliphatic hydroxyl groups is 1. The Hall–Kier alpha value is -1.04. The van der Waals surface area contributed by atoms with Gasteiger partial charge in [0, 0.05) is 24.6 Å². The van der Waals surface area contributed by atoms with E-state index in [0.29, 0.717) is 18.6 Å². The molecule has 0 fully saturated rings. The van der Waals surface area contributed by atoms with Crippen LogP contribution in [0.2, 0.25) is 0 Å². The number of hydrogen-bond acceptors (Lipinski definition) is 3. The number of ether oxygens (including phenoxy) is 1. The van der Waals surface area contributed by atoms with Crippen molar-refractivity contribution in [3.05, 3.63) is 35.4 Å². The van der Waals surface area contributed by atoms with E-state index in [1.165, 1.54) is 12.1 Å². The Morgan fingerprint density at radius 3 is 2.10 bits per heavy atom. The van der Waals surface area contributed by atoms with E-state index in [0.717, 1.165) is 6.07 Å². The third-order valence-corrected chi connectivity index (χ3v) is 3.28. The summed E-state index contributed by atoms with van der Waals surface area (Å²) in [6, 6.07) is 3.22. The topological polar surface area (TPSA) is 55.5 Å². The molecule has 0 bridgehead atoms. The van der Waals surface area contributed by atoms with Crippen LogP contribution in [0, 0.1) is 11.6 Å². The lowest BCUT2D eigenvalue weighted by molar-refractivity contribution is -0.0153. The lowest BCUT2D eigenvalue weighted by Crippen LogP contribution is -2.40. The molecule has 1 atom stereocenters. The minimum atomic E-state index is -0.895. The molecule has 3 N–H and O–H groups in total. The molecule has 0 aliphatic heterocycles. The molecule has 0 aromatic heterocycles. The maximum Gasteiger partial charge on any atom is 0.126 e. The van der Waals surface area contributed by atoms with Crippen LogP contribution < -0.4 is 5.73 Å². The summed E-state index contributed by atoms with van der Waals surface area (Å²) < 4.78 is 32.3. The smallest absolute Gasteiger partial charge is 0.126 e. The zero-order valence-electron chi connectivity index (χ0n) is 12.2. The first kappa shape index (κ1) is 17.0. The predicted molar refractivity (Wildman–Crippen MR) is 74.5 cm³/mol. The second-order valence-electron chi connectivity index (χ2n) is 6.01. The Morgan fingerprint density at radius 2 is 1.70 bits per heavy atom. The van der Waals surface area contributed by atoms with E-state index < -0.39 is 17.0 Å². The van der Waals surface area contributed by atoms with Gasteiger partial charge >= 0.3 is 0 Å². The van der Waals surface area contributed by atoms with Crippen molar-refractivity contribution in [2.45, 2.75) is 38.2 Å². The molecule has 5 heteroatoms. The van der Waals surface area contributed by atoms with Gasteiger partial charge in [-0.25, -0.2) is 8.78 Å². The molecule has 0 radical (unpaired) electrons. The van der Waals surface area contributed by atoms with Crippen LogP contribution in [0.15, 0.2) is 18.2 Å². The highest BCUT2D eigenvalue weighted by Crippen LogP contribution is 2.29. The van der Waals surface area contributed by atoms with Crippen LogP contribution in [-0.4, -0.2) is 30.5 Å². The van der Waals surface area contributed by atoms with Crippen molar-refractivity contribution in [2.75, 3.05) is 19.8 Å². The summed E-state index contributed by atoms with van der Waals surface area (Å²) in [6.45, 7) is 5.88. The zero-order valence-corrected chi connectivity index (χ0v) is 12.2. The van der Waals surface area contributed by atoms with Gasteiger partial charge in [-0.3, -0.25) is 0 Å². The number of nitrogens with two attached hydrogens (primary N) is 1. The van der Waals surface area contributed by atoms with Crippen molar-refractivity contribution in [1.29, 1.82) is 0 Å². The van der Waals surface area contributed by atoms with E-state index in [2.05, 4.69) is 0 Å². The Morgan fingerprint density at radius 1 is 1.15 bits per heavy atom. The fourth-order valence-corrected chi connectivity index (χ4v) is 2.01. The number of halogens is 2. The van der Waals surface area contributed by atoms with E-state index in [4.69, 9.17) is 10.5 Å². The Balaban J connectivity index is 2.96. The van der Waals surface area contributed by atoms with E-state index in [-0.39, 0.29) is 18.8 Å². The van der Waals surface area contributed by atoms with E-state index >= 15 is 0 Å². The SMILES string of the molecule is CC(C)(C)OCCC(CN)(CO)c1cc(F)cc(F)c1. The fraction of sp³-hybridized carbons (Fsp3) is 0.600. The minimum absolute atomic E-state index is 0.0832. The molecule has 114 valence electrons. The Kier molecular flexibility index (Phi) is 5.62. The van der Waals surface area contributed by atoms with Gasteiger partial charge in [0.15, 0.2) is 0 Å². The highest BCUT2D eigenvalue weighted by molar-refractivity contribution is 5.28. The molecule has 0 amide bonds. The van der Waals surface area contributed by atoms with E-state index in [1.807, 2.05) is 20.8 Å². The van der Waals surface area contributed by atoms with Crippen LogP contribution in [0.5, 0.6) is 0 Å². The van der Waals surface area contributed by atoms with Gasteiger partial charge in [0.1, 0.15) is 11.6 Å². The first-order valence-corrected chi connectivity index (χ1v) is 6.64. The van der Waals surface area contributed by atoms with Gasteiger partial charge in [-0.1, -0.05) is 0 Å². The minimum Gasteiger partial charge on any atom is -0.395 e. The third kappa shape index (κ3) is 4.51. The molecular formula is C15H23F2NO2. The highest BCUT2D eigenvalue weighted by atomic mass is 19.1. The number of aliphatic hydroxyl groups excluding tert-OH is 1. The number of benzene rings is 1. The van der Waals surface area contributed by atoms with Crippen molar-refractivity contribution < 1.29 is 18.6 Å². The van der Waals surface area contributed by atoms with Crippen LogP contribution in [-0.2, 0) is 10.2 Å². The normalized spacial score (nSPS) is 15.2. The summed E-state index contributed by atoms with van der Waals surface area (Å²) in [7, 11) is 0. The molecule has 0 aliphatic rings. The van der Waals surface area contributed by atoms with E-state index in [9.17, 15) is 13.9 Å². The van der Waals surface area contributed by atoms with Crippen molar-refractivity contribution in [3.63, 3.8) is 0 Å². The second-order valence-corrected chi connectivity index (χ2v) is 6.01. The summed E-state index contributed by atoms with van der Waals surface area (Å²) in [5.41, 5.74) is 4.89. The lowest BCUT2D eigenvalue weighted by Gasteiger charge is -2.32. The van der Waals surface area contributed by atoms with Crippen LogP contribution in [0.1, 0.15) is 32.8 Å². The molecule has 1 aromatic carbocycles. The Labute approximate surface area is 118 Å². The van der Waals surface area contributed by atoms with Crippen LogP contribution in [0.4, 0.5) is 8.78 Å². The van der Waals surface area contributed by atoms with Gasteiger partial charge in [-0.2, -0.15) is 0 Å². The summed E-state index contributed by atoms with van der Waals surface area (Å²) in [6.07, 6.45) is 0.389. The fourth-order valence-electron chi connectivity index (χ4n) is 2.01. The Bertz CT molecular complexity index is 420. The van der Waals surface area contributed by atoms with Crippen molar-refractivity contribution >= 4 is 0 Å². The van der Waals surface area contributed by atoms with Gasteiger partial charge in [-0.05, 0) is 44.9 Å². The van der Waals surface area contributed by atoms with Crippen molar-refractivity contribution in [3.8, 4) is 0 Å². The van der Waals surface area contributed by atoms with E-state index in [1.54, 1.807) is 0 Å². The molecule has 0 spiro atoms. The van der Waals surface area contributed by atoms with Gasteiger partial charge in [0.05, 0.1) is 12.2 Å². The first-order valence-electron chi connectivity index (χ1n) is 6.64. The third-order valence-electron chi connectivity index (χ3n) is 3.28. The quantitative estimate of drug-likeness (QED) is 0.844. The van der Waals surface area contributed by atoms with Crippen molar-refractivity contribution in [1.82, 2.24) is 0 Å². The first-order chi connectivity index (χ1) is 9.22. The standard InChI is InChI=1S/C15H23F2NO2/c1-14(2,3)20-5-4-15(9-18,10-19)11-6-12(16)8-13(17)7-11/h6-8,19H,4-5,9-10,18H2,1-3H3. The molecular weight excluding hydrogens is 264 g/mol. The van der Waals surface area contributed by atoms with Crippen LogP contribution in [0.3, 0.4) is 0 Å². The number of rotatable bonds is 6. The molecule has 1 unspecified atom stereocenters. The average Bonchev–Trinajstić information content (AvgIpc) is 2.32. The lowest BCUT2D eigenvalue weighted by atomic mass is 9.78. The molecule has 3 nitrogen and oxygen atoms in total. The number of hydrogen-bond donors (Lipinski definition) is 2. The molecule has 1 aromatic rings. The highest BCUT2D eigenvalue weighted by Gasteiger charge is 2.31. The molecule has 0 aliphatic carbocycles. The molecule has 0 heterocycles. The van der Waals surface area contributed by atoms with Gasteiger partial charge in [0.2, 0.25) is 0 Å². The zero-order chi connectivity index (χ0) is 15.4. The summed E-state index contributed by atoms with van der Waals surface area (Å²) in [5, 5.41) is 9.66. The van der Waals surface area contributed by atoms with Crippen molar-refractivity contribution in [2.24, 2.45) is 5.73 Å². The molecule has 20 heavy (non-hydrogen) atoms. The largest absolute Gasteiger partial charge is 0.395 e. The second kappa shape index (κ2) is 6.61. The molecule has 0 saturated heterocycles. The van der Waals surface area contributed by atoms with Gasteiger partial charge < -0.3 is 15.6 Å². The maximum atomic E-state index is 13.3. The van der Waals surface area contributed by atoms with Gasteiger partial charge in [-0.15, -0.1) is 0 Å². The molecule has 0 saturated carbocycles. The molecule has 1 rings (SSSR count). The average molecular weight is 287 g/mol. The predicted octanol–water partition coefficient (Wildman–Crippen LogP) is 2.36. The summed E-state index contributed by atoms with van der Waals surface area (Å²) in [5.74, 6) is -1.36. The van der Waals surface area contributed by atoms with Crippen LogP contribution in [0.25, 0.3) is 0 Å². The summed E-state index contributed by atoms with van der Waals surface area (Å²) >= 11 is 0. The summed E-state index contributed by atoms with van der Waals surface area (Å²) in [4.78, 5) is 0. The monoisotopic (exact) mass is 287 g/mol. The van der Waals surface area contributed by atoms with Crippen LogP contribution >= 0.6 is 0 Å². The van der Waals surface area contributed by atoms with Gasteiger partial charge in [0.25, 0.3) is 0 Å². The maximum absolute atomic E-state index is 13.3.